The molecular formula is C29H28N6O. The van der Waals surface area contributed by atoms with E-state index < -0.39 is 0 Å². The van der Waals surface area contributed by atoms with Gasteiger partial charge in [0.1, 0.15) is 0 Å². The van der Waals surface area contributed by atoms with Crippen LogP contribution in [0.2, 0.25) is 0 Å². The molecule has 6 rings (SSSR count). The second-order valence-electron chi connectivity index (χ2n) is 9.59. The highest BCUT2D eigenvalue weighted by Crippen LogP contribution is 2.31. The van der Waals surface area contributed by atoms with Crippen LogP contribution in [0.1, 0.15) is 28.4 Å². The van der Waals surface area contributed by atoms with Crippen LogP contribution in [0.3, 0.4) is 0 Å². The normalized spacial score (nSPS) is 16.1. The van der Waals surface area contributed by atoms with Gasteiger partial charge in [0, 0.05) is 42.2 Å². The first kappa shape index (κ1) is 22.2. The van der Waals surface area contributed by atoms with Crippen molar-refractivity contribution in [2.45, 2.75) is 26.8 Å². The number of aryl methyl sites for hydroxylation is 2. The highest BCUT2D eigenvalue weighted by Gasteiger charge is 2.31. The van der Waals surface area contributed by atoms with Gasteiger partial charge in [-0.05, 0) is 50.6 Å². The van der Waals surface area contributed by atoms with Gasteiger partial charge in [-0.15, -0.1) is 10.2 Å². The zero-order valence-corrected chi connectivity index (χ0v) is 20.7. The molecule has 2 aromatic heterocycles. The van der Waals surface area contributed by atoms with E-state index in [9.17, 15) is 4.79 Å². The van der Waals surface area contributed by atoms with Crippen LogP contribution in [0.15, 0.2) is 72.8 Å². The largest absolute Gasteiger partial charge is 0.338 e. The number of amides is 1. The minimum atomic E-state index is 0.0225. The van der Waals surface area contributed by atoms with Crippen molar-refractivity contribution in [3.63, 3.8) is 0 Å². The van der Waals surface area contributed by atoms with Crippen molar-refractivity contribution in [3.05, 3.63) is 89.5 Å². The number of carbonyl (C=O) groups is 1. The number of rotatable bonds is 3. The van der Waals surface area contributed by atoms with Gasteiger partial charge in [-0.1, -0.05) is 54.1 Å². The minimum Gasteiger partial charge on any atom is -0.338 e. The van der Waals surface area contributed by atoms with Crippen LogP contribution >= 0.6 is 0 Å². The van der Waals surface area contributed by atoms with Crippen LogP contribution in [0.5, 0.6) is 0 Å². The van der Waals surface area contributed by atoms with E-state index in [2.05, 4.69) is 45.5 Å². The molecule has 0 radical (unpaired) electrons. The zero-order chi connectivity index (χ0) is 24.8. The van der Waals surface area contributed by atoms with Crippen molar-refractivity contribution in [2.24, 2.45) is 0 Å². The minimum absolute atomic E-state index is 0.0225. The first-order valence-corrected chi connectivity index (χ1v) is 12.3. The van der Waals surface area contributed by atoms with E-state index in [1.54, 1.807) is 0 Å². The van der Waals surface area contributed by atoms with Crippen molar-refractivity contribution < 1.29 is 4.79 Å². The average molecular weight is 477 g/mol. The Labute approximate surface area is 210 Å². The average Bonchev–Trinajstić information content (AvgIpc) is 3.34. The topological polar surface area (TPSA) is 66.6 Å². The molecule has 0 bridgehead atoms. The summed E-state index contributed by atoms with van der Waals surface area (Å²) in [4.78, 5) is 22.6. The molecule has 1 saturated heterocycles. The Balaban J connectivity index is 1.41. The number of nitrogens with zero attached hydrogens (tertiary/aromatic N) is 6. The van der Waals surface area contributed by atoms with Crippen molar-refractivity contribution in [3.8, 4) is 11.4 Å². The Kier molecular flexibility index (Phi) is 5.40. The summed E-state index contributed by atoms with van der Waals surface area (Å²) in [6.07, 6.45) is 0. The fraction of sp³-hybridized carbons (Fsp3) is 0.241. The highest BCUT2D eigenvalue weighted by molar-refractivity contribution is 5.95. The molecule has 1 fully saturated rings. The lowest BCUT2D eigenvalue weighted by molar-refractivity contribution is 0.0673. The molecule has 0 N–H and O–H groups in total. The molecule has 0 unspecified atom stereocenters. The summed E-state index contributed by atoms with van der Waals surface area (Å²) < 4.78 is 2.08. The number of hydrogen-bond acceptors (Lipinski definition) is 5. The van der Waals surface area contributed by atoms with Crippen LogP contribution in [-0.4, -0.2) is 56.1 Å². The molecule has 1 amide bonds. The Morgan fingerprint density at radius 3 is 2.42 bits per heavy atom. The number of fused-ring (bicyclic) bond motifs is 3. The standard InChI is InChI=1S/C29H28N6O/c1-19-12-14-22(15-13-19)28(36)34-17-16-33(18-21(34)3)29-30-25-11-7-6-10-24(25)27-32-31-26(35(27)29)23-9-5-4-8-20(23)2/h4-15,21H,16-18H2,1-3H3/t21-/m1/s1. The predicted molar refractivity (Wildman–Crippen MR) is 142 cm³/mol. The number of anilines is 1. The quantitative estimate of drug-likeness (QED) is 0.370. The van der Waals surface area contributed by atoms with Gasteiger partial charge in [-0.2, -0.15) is 0 Å². The first-order valence-electron chi connectivity index (χ1n) is 12.3. The zero-order valence-electron chi connectivity index (χ0n) is 20.7. The Morgan fingerprint density at radius 1 is 0.889 bits per heavy atom. The van der Waals surface area contributed by atoms with Crippen LogP contribution in [0.4, 0.5) is 5.95 Å². The Morgan fingerprint density at radius 2 is 1.64 bits per heavy atom. The van der Waals surface area contributed by atoms with E-state index in [4.69, 9.17) is 4.98 Å². The van der Waals surface area contributed by atoms with Crippen molar-refractivity contribution >= 4 is 28.4 Å². The lowest BCUT2D eigenvalue weighted by Gasteiger charge is -2.40. The number of para-hydroxylation sites is 1. The molecule has 3 aromatic carbocycles. The van der Waals surface area contributed by atoms with Crippen LogP contribution < -0.4 is 4.90 Å². The predicted octanol–water partition coefficient (Wildman–Crippen LogP) is 4.91. The third kappa shape index (κ3) is 3.68. The van der Waals surface area contributed by atoms with Crippen molar-refractivity contribution in [1.82, 2.24) is 24.5 Å². The molecule has 1 atom stereocenters. The van der Waals surface area contributed by atoms with Gasteiger partial charge in [-0.3, -0.25) is 4.79 Å². The summed E-state index contributed by atoms with van der Waals surface area (Å²) in [6, 6.07) is 24.1. The fourth-order valence-electron chi connectivity index (χ4n) is 5.08. The van der Waals surface area contributed by atoms with E-state index >= 15 is 0 Å². The SMILES string of the molecule is Cc1ccc(C(=O)N2CCN(c3nc4ccccc4c4nnc(-c5ccccc5C)n34)C[C@H]2C)cc1. The monoisotopic (exact) mass is 476 g/mol. The number of carbonyl (C=O) groups excluding carboxylic acids is 1. The van der Waals surface area contributed by atoms with E-state index in [-0.39, 0.29) is 11.9 Å². The molecule has 1 aliphatic heterocycles. The molecule has 0 saturated carbocycles. The molecule has 0 spiro atoms. The summed E-state index contributed by atoms with van der Waals surface area (Å²) in [5, 5.41) is 10.2. The molecule has 7 nitrogen and oxygen atoms in total. The van der Waals surface area contributed by atoms with Gasteiger partial charge in [0.05, 0.1) is 5.52 Å². The Hall–Kier alpha value is -4.26. The van der Waals surface area contributed by atoms with Crippen LogP contribution in [0.25, 0.3) is 27.9 Å². The highest BCUT2D eigenvalue weighted by atomic mass is 16.2. The number of piperazine rings is 1. The van der Waals surface area contributed by atoms with Crippen LogP contribution in [0, 0.1) is 13.8 Å². The summed E-state index contributed by atoms with van der Waals surface area (Å²) >= 11 is 0. The molecule has 3 heterocycles. The lowest BCUT2D eigenvalue weighted by atomic mass is 10.1. The first-order chi connectivity index (χ1) is 17.5. The number of hydrogen-bond donors (Lipinski definition) is 0. The molecule has 0 aliphatic carbocycles. The van der Waals surface area contributed by atoms with E-state index in [1.807, 2.05) is 72.5 Å². The molecule has 1 aliphatic rings. The van der Waals surface area contributed by atoms with Crippen molar-refractivity contribution in [2.75, 3.05) is 24.5 Å². The van der Waals surface area contributed by atoms with Gasteiger partial charge in [0.15, 0.2) is 11.5 Å². The summed E-state index contributed by atoms with van der Waals surface area (Å²) in [7, 11) is 0. The third-order valence-electron chi connectivity index (χ3n) is 7.08. The van der Waals surface area contributed by atoms with Gasteiger partial charge < -0.3 is 9.80 Å². The van der Waals surface area contributed by atoms with E-state index in [1.165, 1.54) is 0 Å². The second-order valence-corrected chi connectivity index (χ2v) is 9.59. The molecule has 5 aromatic rings. The maximum Gasteiger partial charge on any atom is 0.254 e. The summed E-state index contributed by atoms with van der Waals surface area (Å²) in [5.74, 6) is 1.66. The summed E-state index contributed by atoms with van der Waals surface area (Å²) in [5.41, 5.74) is 5.72. The molecular weight excluding hydrogens is 448 g/mol. The third-order valence-corrected chi connectivity index (χ3v) is 7.08. The van der Waals surface area contributed by atoms with Gasteiger partial charge in [-0.25, -0.2) is 9.38 Å². The Bertz CT molecular complexity index is 1590. The van der Waals surface area contributed by atoms with Gasteiger partial charge in [0.25, 0.3) is 5.91 Å². The molecule has 180 valence electrons. The van der Waals surface area contributed by atoms with E-state index in [0.717, 1.165) is 50.6 Å². The molecule has 7 heteroatoms. The lowest BCUT2D eigenvalue weighted by Crippen LogP contribution is -2.54. The van der Waals surface area contributed by atoms with Gasteiger partial charge in [0.2, 0.25) is 5.95 Å². The number of benzene rings is 3. The van der Waals surface area contributed by atoms with Crippen molar-refractivity contribution in [1.29, 1.82) is 0 Å². The van der Waals surface area contributed by atoms with Crippen LogP contribution in [-0.2, 0) is 0 Å². The maximum atomic E-state index is 13.3. The number of aromatic nitrogens is 4. The fourth-order valence-corrected chi connectivity index (χ4v) is 5.08. The smallest absolute Gasteiger partial charge is 0.254 e. The second kappa shape index (κ2) is 8.75. The van der Waals surface area contributed by atoms with Gasteiger partial charge >= 0.3 is 0 Å². The molecule has 36 heavy (non-hydrogen) atoms. The summed E-state index contributed by atoms with van der Waals surface area (Å²) in [6.45, 7) is 8.18. The maximum absolute atomic E-state index is 13.3. The van der Waals surface area contributed by atoms with E-state index in [0.29, 0.717) is 19.6 Å².